The molecule has 0 radical (unpaired) electrons. The first-order valence-electron chi connectivity index (χ1n) is 8.66. The number of nitrogens with two attached hydrogens (primary N) is 1. The molecule has 0 aliphatic carbocycles. The summed E-state index contributed by atoms with van der Waals surface area (Å²) in [6, 6.07) is 5.76. The van der Waals surface area contributed by atoms with E-state index in [-0.39, 0.29) is 18.5 Å². The summed E-state index contributed by atoms with van der Waals surface area (Å²) in [6.07, 6.45) is 1.69. The van der Waals surface area contributed by atoms with Gasteiger partial charge < -0.3 is 15.8 Å². The van der Waals surface area contributed by atoms with Crippen molar-refractivity contribution in [2.45, 2.75) is 13.3 Å². The Bertz CT molecular complexity index is 1020. The van der Waals surface area contributed by atoms with Gasteiger partial charge in [0.05, 0.1) is 11.5 Å². The second kappa shape index (κ2) is 9.27. The van der Waals surface area contributed by atoms with Gasteiger partial charge in [-0.1, -0.05) is 15.9 Å². The molecule has 1 amide bonds. The third-order valence-corrected chi connectivity index (χ3v) is 5.47. The van der Waals surface area contributed by atoms with Crippen LogP contribution in [0.5, 0.6) is 5.75 Å². The number of primary amides is 1. The van der Waals surface area contributed by atoms with Crippen LogP contribution in [0.25, 0.3) is 10.7 Å². The lowest BCUT2D eigenvalue weighted by Crippen LogP contribution is -2.10. The van der Waals surface area contributed by atoms with E-state index in [1.807, 2.05) is 0 Å². The lowest BCUT2D eigenvalue weighted by Gasteiger charge is -2.08. The maximum absolute atomic E-state index is 13.9. The summed E-state index contributed by atoms with van der Waals surface area (Å²) in [5.41, 5.74) is 5.40. The van der Waals surface area contributed by atoms with Gasteiger partial charge in [0.1, 0.15) is 28.1 Å². The molecule has 0 bridgehead atoms. The number of anilines is 1. The molecule has 2 heterocycles. The molecule has 10 heteroatoms. The minimum Gasteiger partial charge on any atom is -0.492 e. The van der Waals surface area contributed by atoms with Gasteiger partial charge >= 0.3 is 0 Å². The average molecular weight is 483 g/mol. The van der Waals surface area contributed by atoms with Gasteiger partial charge in [-0.05, 0) is 31.5 Å². The topological polar surface area (TPSA) is 90.1 Å². The van der Waals surface area contributed by atoms with Crippen LogP contribution in [-0.4, -0.2) is 29.0 Å². The number of carbonyl (C=O) groups excluding carboxylic acids is 1. The van der Waals surface area contributed by atoms with Gasteiger partial charge in [0, 0.05) is 28.8 Å². The highest BCUT2D eigenvalue weighted by molar-refractivity contribution is 9.10. The Morgan fingerprint density at radius 3 is 2.69 bits per heavy atom. The van der Waals surface area contributed by atoms with Crippen LogP contribution in [-0.2, 0) is 6.42 Å². The maximum Gasteiger partial charge on any atom is 0.262 e. The Hall–Kier alpha value is -2.59. The van der Waals surface area contributed by atoms with Crippen LogP contribution in [0.2, 0.25) is 0 Å². The number of rotatable bonds is 8. The number of benzene rings is 1. The third-order valence-electron chi connectivity index (χ3n) is 3.88. The largest absolute Gasteiger partial charge is 0.492 e. The van der Waals surface area contributed by atoms with Crippen LogP contribution in [0.4, 0.5) is 14.6 Å². The van der Waals surface area contributed by atoms with E-state index in [9.17, 15) is 13.6 Å². The molecule has 0 fully saturated rings. The lowest BCUT2D eigenvalue weighted by atomic mass is 10.1. The Morgan fingerprint density at radius 1 is 1.31 bits per heavy atom. The standard InChI is InChI=1S/C19H17BrF2N4O2S/c1-2-28-14-9-15(29-17(14)18(23)27)19-25-6-4-16(26-19)24-5-3-11-12(21)7-10(20)8-13(11)22/h4,6-9H,2-3,5H2,1H3,(H2,23,27)(H,24,25,26). The van der Waals surface area contributed by atoms with Crippen LogP contribution < -0.4 is 15.8 Å². The first-order chi connectivity index (χ1) is 13.9. The molecular weight excluding hydrogens is 466 g/mol. The monoisotopic (exact) mass is 482 g/mol. The molecule has 0 unspecified atom stereocenters. The molecule has 0 aliphatic rings. The lowest BCUT2D eigenvalue weighted by molar-refractivity contribution is 0.100. The fraction of sp³-hybridized carbons (Fsp3) is 0.211. The molecule has 0 aliphatic heterocycles. The highest BCUT2D eigenvalue weighted by Gasteiger charge is 2.17. The first-order valence-corrected chi connectivity index (χ1v) is 10.3. The van der Waals surface area contributed by atoms with Crippen molar-refractivity contribution in [3.8, 4) is 16.5 Å². The zero-order valence-corrected chi connectivity index (χ0v) is 17.7. The zero-order chi connectivity index (χ0) is 21.0. The van der Waals surface area contributed by atoms with Gasteiger partial charge in [-0.15, -0.1) is 11.3 Å². The van der Waals surface area contributed by atoms with Crippen molar-refractivity contribution < 1.29 is 18.3 Å². The Morgan fingerprint density at radius 2 is 2.03 bits per heavy atom. The van der Waals surface area contributed by atoms with Crippen LogP contribution in [0.3, 0.4) is 0 Å². The van der Waals surface area contributed by atoms with E-state index >= 15 is 0 Å². The number of nitrogens with zero attached hydrogens (tertiary/aromatic N) is 2. The van der Waals surface area contributed by atoms with Gasteiger partial charge in [0.2, 0.25) is 0 Å². The molecule has 2 aromatic heterocycles. The molecule has 0 saturated heterocycles. The second-order valence-electron chi connectivity index (χ2n) is 5.89. The van der Waals surface area contributed by atoms with E-state index in [1.54, 1.807) is 25.3 Å². The van der Waals surface area contributed by atoms with E-state index < -0.39 is 17.5 Å². The fourth-order valence-corrected chi connectivity index (χ4v) is 3.92. The number of nitrogens with one attached hydrogen (secondary N) is 1. The summed E-state index contributed by atoms with van der Waals surface area (Å²) < 4.78 is 33.6. The Labute approximate surface area is 178 Å². The van der Waals surface area contributed by atoms with Crippen molar-refractivity contribution in [2.75, 3.05) is 18.5 Å². The minimum absolute atomic E-state index is 0.000641. The van der Waals surface area contributed by atoms with E-state index in [2.05, 4.69) is 31.2 Å². The highest BCUT2D eigenvalue weighted by Crippen LogP contribution is 2.34. The zero-order valence-electron chi connectivity index (χ0n) is 15.3. The highest BCUT2D eigenvalue weighted by atomic mass is 79.9. The molecule has 3 N–H and O–H groups in total. The molecule has 3 aromatic rings. The smallest absolute Gasteiger partial charge is 0.262 e. The predicted octanol–water partition coefficient (Wildman–Crippen LogP) is 4.40. The quantitative estimate of drug-likeness (QED) is 0.496. The number of hydrogen-bond donors (Lipinski definition) is 2. The van der Waals surface area contributed by atoms with Crippen LogP contribution in [0.15, 0.2) is 34.9 Å². The van der Waals surface area contributed by atoms with Crippen molar-refractivity contribution in [3.63, 3.8) is 0 Å². The van der Waals surface area contributed by atoms with Gasteiger partial charge in [-0.2, -0.15) is 0 Å². The fourth-order valence-electron chi connectivity index (χ4n) is 2.62. The number of hydrogen-bond acceptors (Lipinski definition) is 6. The summed E-state index contributed by atoms with van der Waals surface area (Å²) >= 11 is 4.20. The average Bonchev–Trinajstić information content (AvgIpc) is 3.09. The summed E-state index contributed by atoms with van der Waals surface area (Å²) in [4.78, 5) is 21.1. The predicted molar refractivity (Wildman–Crippen MR) is 111 cm³/mol. The number of aromatic nitrogens is 2. The molecular formula is C19H17BrF2N4O2S. The molecule has 6 nitrogen and oxygen atoms in total. The van der Waals surface area contributed by atoms with Gasteiger partial charge in [-0.3, -0.25) is 4.79 Å². The summed E-state index contributed by atoms with van der Waals surface area (Å²) in [7, 11) is 0. The summed E-state index contributed by atoms with van der Waals surface area (Å²) in [6.45, 7) is 2.47. The first kappa shape index (κ1) is 21.1. The Balaban J connectivity index is 1.74. The molecule has 1 aromatic carbocycles. The van der Waals surface area contributed by atoms with Crippen molar-refractivity contribution in [1.29, 1.82) is 0 Å². The van der Waals surface area contributed by atoms with Gasteiger partial charge in [-0.25, -0.2) is 18.7 Å². The third kappa shape index (κ3) is 5.07. The number of ether oxygens (including phenoxy) is 1. The van der Waals surface area contributed by atoms with E-state index in [0.29, 0.717) is 38.2 Å². The summed E-state index contributed by atoms with van der Waals surface area (Å²) in [5, 5.41) is 3.03. The van der Waals surface area contributed by atoms with Crippen LogP contribution in [0.1, 0.15) is 22.2 Å². The van der Waals surface area contributed by atoms with Crippen LogP contribution in [0, 0.1) is 11.6 Å². The SMILES string of the molecule is CCOc1cc(-c2nccc(NCCc3c(F)cc(Br)cc3F)n2)sc1C(N)=O. The van der Waals surface area contributed by atoms with E-state index in [0.717, 1.165) is 11.3 Å². The molecule has 3 rings (SSSR count). The van der Waals surface area contributed by atoms with Crippen LogP contribution >= 0.6 is 27.3 Å². The van der Waals surface area contributed by atoms with Crippen molar-refractivity contribution in [2.24, 2.45) is 5.73 Å². The molecule has 0 spiro atoms. The minimum atomic E-state index is -0.608. The molecule has 29 heavy (non-hydrogen) atoms. The molecule has 0 atom stereocenters. The Kier molecular flexibility index (Phi) is 6.75. The van der Waals surface area contributed by atoms with Crippen molar-refractivity contribution in [1.82, 2.24) is 9.97 Å². The molecule has 152 valence electrons. The number of amides is 1. The number of carbonyl (C=O) groups is 1. The second-order valence-corrected chi connectivity index (χ2v) is 7.86. The van der Waals surface area contributed by atoms with Gasteiger partial charge in [0.15, 0.2) is 5.82 Å². The number of thiophene rings is 1. The molecule has 0 saturated carbocycles. The van der Waals surface area contributed by atoms with E-state index in [4.69, 9.17) is 10.5 Å². The van der Waals surface area contributed by atoms with Crippen molar-refractivity contribution in [3.05, 3.63) is 57.0 Å². The van der Waals surface area contributed by atoms with Gasteiger partial charge in [0.25, 0.3) is 5.91 Å². The van der Waals surface area contributed by atoms with E-state index in [1.165, 1.54) is 12.1 Å². The normalized spacial score (nSPS) is 10.8. The van der Waals surface area contributed by atoms with Crippen molar-refractivity contribution >= 4 is 39.0 Å². The number of halogens is 3. The maximum atomic E-state index is 13.9. The summed E-state index contributed by atoms with van der Waals surface area (Å²) in [5.74, 6) is -0.541.